The van der Waals surface area contributed by atoms with E-state index in [-0.39, 0.29) is 12.0 Å². The van der Waals surface area contributed by atoms with Crippen LogP contribution in [0.4, 0.5) is 0 Å². The lowest BCUT2D eigenvalue weighted by Gasteiger charge is -2.32. The number of aromatic nitrogens is 2. The number of carbonyl (C=O) groups excluding carboxylic acids is 1. The summed E-state index contributed by atoms with van der Waals surface area (Å²) in [7, 11) is 0. The summed E-state index contributed by atoms with van der Waals surface area (Å²) in [6.07, 6.45) is 2.92. The molecule has 0 unspecified atom stereocenters. The predicted molar refractivity (Wildman–Crippen MR) is 102 cm³/mol. The maximum absolute atomic E-state index is 12.7. The SMILES string of the molecule is Cc1cc(C)n(-c2ccc(C(=O)N3CCC(OCCCN)CC3)cc2)n1. The fraction of sp³-hybridized carbons (Fsp3) is 0.500. The summed E-state index contributed by atoms with van der Waals surface area (Å²) in [6, 6.07) is 9.72. The molecular weight excluding hydrogens is 328 g/mol. The molecule has 0 spiro atoms. The van der Waals surface area contributed by atoms with E-state index in [1.807, 2.05) is 53.8 Å². The Morgan fingerprint density at radius 3 is 2.50 bits per heavy atom. The topological polar surface area (TPSA) is 73.4 Å². The molecular formula is C20H28N4O2. The third kappa shape index (κ3) is 4.31. The number of hydrogen-bond acceptors (Lipinski definition) is 4. The Bertz CT molecular complexity index is 731. The van der Waals surface area contributed by atoms with E-state index in [1.54, 1.807) is 0 Å². The van der Waals surface area contributed by atoms with Gasteiger partial charge in [-0.05, 0) is 70.0 Å². The van der Waals surface area contributed by atoms with Crippen molar-refractivity contribution in [2.45, 2.75) is 39.2 Å². The van der Waals surface area contributed by atoms with E-state index in [0.29, 0.717) is 13.2 Å². The van der Waals surface area contributed by atoms with Crippen LogP contribution in [0, 0.1) is 13.8 Å². The van der Waals surface area contributed by atoms with Crippen LogP contribution in [-0.4, -0.2) is 52.9 Å². The van der Waals surface area contributed by atoms with E-state index in [1.165, 1.54) is 0 Å². The molecule has 0 saturated carbocycles. The van der Waals surface area contributed by atoms with Crippen LogP contribution in [0.1, 0.15) is 41.0 Å². The van der Waals surface area contributed by atoms with Gasteiger partial charge < -0.3 is 15.4 Å². The first-order valence-electron chi connectivity index (χ1n) is 9.33. The van der Waals surface area contributed by atoms with Crippen molar-refractivity contribution in [3.05, 3.63) is 47.3 Å². The van der Waals surface area contributed by atoms with E-state index < -0.39 is 0 Å². The number of amides is 1. The Balaban J connectivity index is 1.58. The van der Waals surface area contributed by atoms with E-state index in [4.69, 9.17) is 10.5 Å². The number of benzene rings is 1. The molecule has 6 nitrogen and oxygen atoms in total. The molecule has 2 N–H and O–H groups in total. The molecule has 1 aromatic carbocycles. The van der Waals surface area contributed by atoms with Crippen LogP contribution in [0.3, 0.4) is 0 Å². The summed E-state index contributed by atoms with van der Waals surface area (Å²) < 4.78 is 7.70. The molecule has 0 aliphatic carbocycles. The number of nitrogens with two attached hydrogens (primary N) is 1. The van der Waals surface area contributed by atoms with Gasteiger partial charge in [-0.1, -0.05) is 0 Å². The van der Waals surface area contributed by atoms with Crippen LogP contribution in [0.25, 0.3) is 5.69 Å². The van der Waals surface area contributed by atoms with Gasteiger partial charge in [-0.2, -0.15) is 5.10 Å². The van der Waals surface area contributed by atoms with Crippen LogP contribution < -0.4 is 5.73 Å². The Morgan fingerprint density at radius 2 is 1.92 bits per heavy atom. The van der Waals surface area contributed by atoms with Gasteiger partial charge in [0.1, 0.15) is 0 Å². The van der Waals surface area contributed by atoms with Gasteiger partial charge in [-0.25, -0.2) is 4.68 Å². The molecule has 0 bridgehead atoms. The number of nitrogens with zero attached hydrogens (tertiary/aromatic N) is 3. The minimum absolute atomic E-state index is 0.0883. The van der Waals surface area contributed by atoms with Crippen LogP contribution in [-0.2, 0) is 4.74 Å². The average molecular weight is 356 g/mol. The minimum atomic E-state index is 0.0883. The lowest BCUT2D eigenvalue weighted by Crippen LogP contribution is -2.41. The van der Waals surface area contributed by atoms with Crippen molar-refractivity contribution in [3.8, 4) is 5.69 Å². The second-order valence-electron chi connectivity index (χ2n) is 6.89. The highest BCUT2D eigenvalue weighted by Crippen LogP contribution is 2.18. The largest absolute Gasteiger partial charge is 0.378 e. The third-order valence-corrected chi connectivity index (χ3v) is 4.80. The number of aryl methyl sites for hydroxylation is 2. The average Bonchev–Trinajstić information content (AvgIpc) is 3.00. The molecule has 2 heterocycles. The quantitative estimate of drug-likeness (QED) is 0.807. The first kappa shape index (κ1) is 18.6. The normalized spacial score (nSPS) is 15.4. The zero-order chi connectivity index (χ0) is 18.5. The Morgan fingerprint density at radius 1 is 1.23 bits per heavy atom. The summed E-state index contributed by atoms with van der Waals surface area (Å²) in [6.45, 7) is 6.86. The molecule has 1 amide bonds. The Kier molecular flexibility index (Phi) is 6.06. The maximum Gasteiger partial charge on any atom is 0.253 e. The highest BCUT2D eigenvalue weighted by atomic mass is 16.5. The number of piperidine rings is 1. The monoisotopic (exact) mass is 356 g/mol. The molecule has 140 valence electrons. The Labute approximate surface area is 154 Å². The standard InChI is InChI=1S/C20H28N4O2/c1-15-14-16(2)24(22-15)18-6-4-17(5-7-18)20(25)23-11-8-19(9-12-23)26-13-3-10-21/h4-7,14,19H,3,8-13,21H2,1-2H3. The summed E-state index contributed by atoms with van der Waals surface area (Å²) in [5.41, 5.74) is 9.25. The van der Waals surface area contributed by atoms with Gasteiger partial charge in [0.15, 0.2) is 0 Å². The zero-order valence-electron chi connectivity index (χ0n) is 15.6. The molecule has 2 aromatic rings. The number of hydrogen-bond donors (Lipinski definition) is 1. The number of carbonyl (C=O) groups is 1. The van der Waals surface area contributed by atoms with Crippen molar-refractivity contribution in [1.82, 2.24) is 14.7 Å². The number of ether oxygens (including phenoxy) is 1. The van der Waals surface area contributed by atoms with Gasteiger partial charge >= 0.3 is 0 Å². The van der Waals surface area contributed by atoms with Crippen molar-refractivity contribution in [1.29, 1.82) is 0 Å². The van der Waals surface area contributed by atoms with Gasteiger partial charge in [0.05, 0.1) is 17.5 Å². The molecule has 26 heavy (non-hydrogen) atoms. The molecule has 1 fully saturated rings. The second kappa shape index (κ2) is 8.47. The van der Waals surface area contributed by atoms with Crippen molar-refractivity contribution in [3.63, 3.8) is 0 Å². The van der Waals surface area contributed by atoms with Crippen LogP contribution in [0.5, 0.6) is 0 Å². The first-order chi connectivity index (χ1) is 12.6. The summed E-state index contributed by atoms with van der Waals surface area (Å²) in [4.78, 5) is 14.6. The molecule has 0 atom stereocenters. The molecule has 0 radical (unpaired) electrons. The van der Waals surface area contributed by atoms with Crippen molar-refractivity contribution < 1.29 is 9.53 Å². The fourth-order valence-electron chi connectivity index (χ4n) is 3.38. The fourth-order valence-corrected chi connectivity index (χ4v) is 3.38. The van der Waals surface area contributed by atoms with Gasteiger partial charge in [0.25, 0.3) is 5.91 Å². The van der Waals surface area contributed by atoms with Gasteiger partial charge in [-0.3, -0.25) is 4.79 Å². The minimum Gasteiger partial charge on any atom is -0.378 e. The molecule has 3 rings (SSSR count). The van der Waals surface area contributed by atoms with Gasteiger partial charge in [0.2, 0.25) is 0 Å². The van der Waals surface area contributed by atoms with Crippen LogP contribution in [0.15, 0.2) is 30.3 Å². The summed E-state index contributed by atoms with van der Waals surface area (Å²) >= 11 is 0. The van der Waals surface area contributed by atoms with E-state index >= 15 is 0 Å². The van der Waals surface area contributed by atoms with E-state index in [2.05, 4.69) is 5.10 Å². The lowest BCUT2D eigenvalue weighted by molar-refractivity contribution is 0.00845. The summed E-state index contributed by atoms with van der Waals surface area (Å²) in [5.74, 6) is 0.0883. The molecule has 1 saturated heterocycles. The first-order valence-corrected chi connectivity index (χ1v) is 9.33. The Hall–Kier alpha value is -2.18. The molecule has 1 aromatic heterocycles. The molecule has 1 aliphatic heterocycles. The molecule has 1 aliphatic rings. The van der Waals surface area contributed by atoms with Crippen molar-refractivity contribution in [2.24, 2.45) is 5.73 Å². The number of likely N-dealkylation sites (tertiary alicyclic amines) is 1. The van der Waals surface area contributed by atoms with E-state index in [9.17, 15) is 4.79 Å². The van der Waals surface area contributed by atoms with E-state index in [0.717, 1.165) is 55.0 Å². The third-order valence-electron chi connectivity index (χ3n) is 4.80. The second-order valence-corrected chi connectivity index (χ2v) is 6.89. The predicted octanol–water partition coefficient (Wildman–Crippen LogP) is 2.46. The maximum atomic E-state index is 12.7. The molecule has 6 heteroatoms. The smallest absolute Gasteiger partial charge is 0.253 e. The summed E-state index contributed by atoms with van der Waals surface area (Å²) in [5, 5.41) is 4.48. The highest BCUT2D eigenvalue weighted by Gasteiger charge is 2.24. The lowest BCUT2D eigenvalue weighted by atomic mass is 10.1. The van der Waals surface area contributed by atoms with Crippen molar-refractivity contribution >= 4 is 5.91 Å². The number of rotatable bonds is 6. The van der Waals surface area contributed by atoms with Crippen LogP contribution >= 0.6 is 0 Å². The van der Waals surface area contributed by atoms with Crippen molar-refractivity contribution in [2.75, 3.05) is 26.2 Å². The zero-order valence-corrected chi connectivity index (χ0v) is 15.6. The van der Waals surface area contributed by atoms with Gasteiger partial charge in [-0.15, -0.1) is 0 Å². The van der Waals surface area contributed by atoms with Crippen LogP contribution in [0.2, 0.25) is 0 Å². The highest BCUT2D eigenvalue weighted by molar-refractivity contribution is 5.94. The van der Waals surface area contributed by atoms with Gasteiger partial charge in [0, 0.05) is 31.0 Å².